The number of amides is 1. The molecule has 0 spiro atoms. The zero-order valence-corrected chi connectivity index (χ0v) is 11.5. The van der Waals surface area contributed by atoms with Gasteiger partial charge in [-0.25, -0.2) is 4.79 Å². The zero-order valence-electron chi connectivity index (χ0n) is 11.5. The molecule has 19 heavy (non-hydrogen) atoms. The van der Waals surface area contributed by atoms with Crippen LogP contribution in [0.25, 0.3) is 0 Å². The maximum Gasteiger partial charge on any atom is 0.332 e. The molecule has 0 aromatic rings. The van der Waals surface area contributed by atoms with Gasteiger partial charge < -0.3 is 20.5 Å². The van der Waals surface area contributed by atoms with E-state index in [4.69, 9.17) is 15.2 Å². The summed E-state index contributed by atoms with van der Waals surface area (Å²) >= 11 is 0. The molecule has 6 nitrogen and oxygen atoms in total. The van der Waals surface area contributed by atoms with Gasteiger partial charge in [0.25, 0.3) is 0 Å². The molecule has 110 valence electrons. The van der Waals surface area contributed by atoms with Crippen molar-refractivity contribution in [3.8, 4) is 0 Å². The first-order chi connectivity index (χ1) is 9.13. The molecule has 1 rings (SSSR count). The van der Waals surface area contributed by atoms with Crippen molar-refractivity contribution in [3.63, 3.8) is 0 Å². The van der Waals surface area contributed by atoms with Crippen molar-refractivity contribution in [1.29, 1.82) is 0 Å². The number of esters is 1. The van der Waals surface area contributed by atoms with Gasteiger partial charge in [0, 0.05) is 18.5 Å². The highest BCUT2D eigenvalue weighted by atomic mass is 16.6. The van der Waals surface area contributed by atoms with E-state index in [9.17, 15) is 9.59 Å². The van der Waals surface area contributed by atoms with Crippen LogP contribution in [0.5, 0.6) is 0 Å². The average Bonchev–Trinajstić information content (AvgIpc) is 2.39. The normalized spacial score (nSPS) is 23.0. The number of rotatable bonds is 8. The minimum Gasteiger partial charge on any atom is -0.464 e. The van der Waals surface area contributed by atoms with Gasteiger partial charge in [-0.1, -0.05) is 0 Å². The highest BCUT2D eigenvalue weighted by Crippen LogP contribution is 2.23. The summed E-state index contributed by atoms with van der Waals surface area (Å²) in [5, 5.41) is 3.36. The van der Waals surface area contributed by atoms with Crippen molar-refractivity contribution in [2.24, 2.45) is 11.7 Å². The molecule has 6 heteroatoms. The summed E-state index contributed by atoms with van der Waals surface area (Å²) < 4.78 is 9.93. The van der Waals surface area contributed by atoms with Gasteiger partial charge in [-0.05, 0) is 32.6 Å². The molecule has 1 fully saturated rings. The Labute approximate surface area is 114 Å². The lowest BCUT2D eigenvalue weighted by atomic mass is 9.85. The number of nitrogens with one attached hydrogen (secondary N) is 1. The Morgan fingerprint density at radius 2 is 1.95 bits per heavy atom. The lowest BCUT2D eigenvalue weighted by Crippen LogP contribution is -2.38. The van der Waals surface area contributed by atoms with E-state index in [0.717, 1.165) is 25.7 Å². The molecular formula is C13H24N2O4. The summed E-state index contributed by atoms with van der Waals surface area (Å²) in [5.74, 6) is -0.473. The lowest BCUT2D eigenvalue weighted by Gasteiger charge is -2.27. The number of hydrogen-bond acceptors (Lipinski definition) is 5. The predicted molar refractivity (Wildman–Crippen MR) is 70.4 cm³/mol. The molecule has 0 aromatic carbocycles. The van der Waals surface area contributed by atoms with Crippen LogP contribution >= 0.6 is 0 Å². The number of primary amides is 1. The van der Waals surface area contributed by atoms with Gasteiger partial charge in [0.15, 0.2) is 0 Å². The van der Waals surface area contributed by atoms with Crippen molar-refractivity contribution in [1.82, 2.24) is 5.32 Å². The molecule has 0 aromatic heterocycles. The highest BCUT2D eigenvalue weighted by molar-refractivity contribution is 5.76. The van der Waals surface area contributed by atoms with Gasteiger partial charge in [-0.2, -0.15) is 0 Å². The van der Waals surface area contributed by atoms with Crippen LogP contribution in [-0.2, 0) is 19.1 Å². The third-order valence-corrected chi connectivity index (χ3v) is 3.33. The monoisotopic (exact) mass is 272 g/mol. The maximum atomic E-state index is 11.0. The van der Waals surface area contributed by atoms with Crippen LogP contribution in [-0.4, -0.2) is 44.3 Å². The Morgan fingerprint density at radius 3 is 2.53 bits per heavy atom. The molecule has 0 atom stereocenters. The molecule has 1 aliphatic carbocycles. The second kappa shape index (κ2) is 8.87. The van der Waals surface area contributed by atoms with E-state index in [0.29, 0.717) is 25.8 Å². The van der Waals surface area contributed by atoms with Crippen LogP contribution in [0.1, 0.15) is 32.6 Å². The molecule has 1 saturated carbocycles. The van der Waals surface area contributed by atoms with Crippen LogP contribution in [0.4, 0.5) is 0 Å². The molecule has 0 radical (unpaired) electrons. The van der Waals surface area contributed by atoms with E-state index >= 15 is 0 Å². The molecule has 1 amide bonds. The van der Waals surface area contributed by atoms with Gasteiger partial charge >= 0.3 is 5.97 Å². The first kappa shape index (κ1) is 15.9. The molecular weight excluding hydrogens is 248 g/mol. The predicted octanol–water partition coefficient (Wildman–Crippen LogP) is 0.200. The number of hydrogen-bond donors (Lipinski definition) is 2. The van der Waals surface area contributed by atoms with Crippen LogP contribution in [0, 0.1) is 5.92 Å². The van der Waals surface area contributed by atoms with Crippen LogP contribution < -0.4 is 11.1 Å². The van der Waals surface area contributed by atoms with Crippen molar-refractivity contribution in [2.75, 3.05) is 26.4 Å². The van der Waals surface area contributed by atoms with E-state index in [2.05, 4.69) is 5.32 Å². The maximum absolute atomic E-state index is 11.0. The second-order valence-corrected chi connectivity index (χ2v) is 4.76. The van der Waals surface area contributed by atoms with Gasteiger partial charge in [0.05, 0.1) is 13.2 Å². The molecule has 0 saturated heterocycles. The summed E-state index contributed by atoms with van der Waals surface area (Å²) in [6, 6.07) is 0.418. The van der Waals surface area contributed by atoms with Crippen LogP contribution in [0.15, 0.2) is 0 Å². The SMILES string of the molecule is CCOC(=O)COCCNC1CCC(C(N)=O)CC1. The number of nitrogens with two attached hydrogens (primary N) is 1. The molecule has 1 aliphatic rings. The molecule has 0 bridgehead atoms. The van der Waals surface area contributed by atoms with Gasteiger partial charge in [0.1, 0.15) is 6.61 Å². The summed E-state index contributed by atoms with van der Waals surface area (Å²) in [6.45, 7) is 3.33. The third-order valence-electron chi connectivity index (χ3n) is 3.33. The Morgan fingerprint density at radius 1 is 1.26 bits per heavy atom. The smallest absolute Gasteiger partial charge is 0.332 e. The summed E-state index contributed by atoms with van der Waals surface area (Å²) in [7, 11) is 0. The van der Waals surface area contributed by atoms with Crippen molar-refractivity contribution in [2.45, 2.75) is 38.6 Å². The minimum absolute atomic E-state index is 0.00390. The van der Waals surface area contributed by atoms with Crippen LogP contribution in [0.2, 0.25) is 0 Å². The van der Waals surface area contributed by atoms with E-state index in [1.807, 2.05) is 0 Å². The fraction of sp³-hybridized carbons (Fsp3) is 0.846. The fourth-order valence-corrected chi connectivity index (χ4v) is 2.28. The number of carbonyl (C=O) groups is 2. The average molecular weight is 272 g/mol. The molecule has 0 unspecified atom stereocenters. The highest BCUT2D eigenvalue weighted by Gasteiger charge is 2.23. The van der Waals surface area contributed by atoms with Crippen molar-refractivity contribution >= 4 is 11.9 Å². The Hall–Kier alpha value is -1.14. The van der Waals surface area contributed by atoms with Crippen LogP contribution in [0.3, 0.4) is 0 Å². The summed E-state index contributed by atoms with van der Waals surface area (Å²) in [4.78, 5) is 22.0. The number of carbonyl (C=O) groups excluding carboxylic acids is 2. The Bertz CT molecular complexity index is 288. The second-order valence-electron chi connectivity index (χ2n) is 4.76. The standard InChI is InChI=1S/C13H24N2O4/c1-2-19-12(16)9-18-8-7-15-11-5-3-10(4-6-11)13(14)17/h10-11,15H,2-9H2,1H3,(H2,14,17). The summed E-state index contributed by atoms with van der Waals surface area (Å²) in [5.41, 5.74) is 5.28. The largest absolute Gasteiger partial charge is 0.464 e. The quantitative estimate of drug-likeness (QED) is 0.486. The topological polar surface area (TPSA) is 90.7 Å². The van der Waals surface area contributed by atoms with E-state index in [1.165, 1.54) is 0 Å². The Balaban J connectivity index is 1.99. The first-order valence-electron chi connectivity index (χ1n) is 6.89. The van der Waals surface area contributed by atoms with Crippen molar-refractivity contribution in [3.05, 3.63) is 0 Å². The van der Waals surface area contributed by atoms with Gasteiger partial charge in [-0.15, -0.1) is 0 Å². The molecule has 3 N–H and O–H groups in total. The fourth-order valence-electron chi connectivity index (χ4n) is 2.28. The lowest BCUT2D eigenvalue weighted by molar-refractivity contribution is -0.148. The minimum atomic E-state index is -0.329. The van der Waals surface area contributed by atoms with E-state index in [1.54, 1.807) is 6.92 Å². The third kappa shape index (κ3) is 6.54. The van der Waals surface area contributed by atoms with Gasteiger partial charge in [-0.3, -0.25) is 4.79 Å². The molecule has 0 aliphatic heterocycles. The first-order valence-corrected chi connectivity index (χ1v) is 6.89. The summed E-state index contributed by atoms with van der Waals surface area (Å²) in [6.07, 6.45) is 3.64. The van der Waals surface area contributed by atoms with E-state index < -0.39 is 0 Å². The van der Waals surface area contributed by atoms with E-state index in [-0.39, 0.29) is 24.4 Å². The van der Waals surface area contributed by atoms with Crippen molar-refractivity contribution < 1.29 is 19.1 Å². The zero-order chi connectivity index (χ0) is 14.1. The Kier molecular flexibility index (Phi) is 7.43. The molecule has 0 heterocycles. The number of ether oxygens (including phenoxy) is 2. The van der Waals surface area contributed by atoms with Gasteiger partial charge in [0.2, 0.25) is 5.91 Å².